The second kappa shape index (κ2) is 3.01. The summed E-state index contributed by atoms with van der Waals surface area (Å²) in [5, 5.41) is 10.2. The first-order valence-electron chi connectivity index (χ1n) is 3.58. The smallest absolute Gasteiger partial charge is 0.150 e. The van der Waals surface area contributed by atoms with E-state index in [1.165, 1.54) is 17.4 Å². The van der Waals surface area contributed by atoms with Crippen molar-refractivity contribution in [2.45, 2.75) is 0 Å². The van der Waals surface area contributed by atoms with E-state index in [2.05, 4.69) is 0 Å². The number of rotatable bonds is 1. The number of phenolic OH excluding ortho intramolecular Hbond substituents is 1. The highest BCUT2D eigenvalue weighted by Gasteiger charge is 2.06. The van der Waals surface area contributed by atoms with Crippen LogP contribution in [0.4, 0.5) is 0 Å². The number of hydrogen-bond donors (Lipinski definition) is 1. The Hall–Kier alpha value is -1.06. The predicted octanol–water partition coefficient (Wildman–Crippen LogP) is 3.07. The average molecular weight is 213 g/mol. The van der Waals surface area contributed by atoms with Crippen LogP contribution in [-0.4, -0.2) is 11.4 Å². The summed E-state index contributed by atoms with van der Waals surface area (Å²) in [6.07, 6.45) is 0.701. The normalized spacial score (nSPS) is 10.5. The van der Waals surface area contributed by atoms with E-state index in [4.69, 9.17) is 11.6 Å². The molecule has 0 unspecified atom stereocenters. The standard InChI is InChI=1S/C9H5ClO2S/c10-9-3-6-7(12)1-5(4-11)2-8(6)13-9/h1-4,12H. The predicted molar refractivity (Wildman–Crippen MR) is 53.9 cm³/mol. The lowest BCUT2D eigenvalue weighted by Gasteiger charge is -1.95. The van der Waals surface area contributed by atoms with Crippen LogP contribution in [0, 0.1) is 0 Å². The highest BCUT2D eigenvalue weighted by molar-refractivity contribution is 7.22. The van der Waals surface area contributed by atoms with Gasteiger partial charge in [0.05, 0.1) is 4.34 Å². The second-order valence-electron chi connectivity index (χ2n) is 2.62. The summed E-state index contributed by atoms with van der Waals surface area (Å²) < 4.78 is 1.43. The lowest BCUT2D eigenvalue weighted by molar-refractivity contribution is 0.112. The maximum absolute atomic E-state index is 10.5. The fraction of sp³-hybridized carbons (Fsp3) is 0. The Labute approximate surface area is 83.4 Å². The van der Waals surface area contributed by atoms with Gasteiger partial charge in [-0.2, -0.15) is 0 Å². The monoisotopic (exact) mass is 212 g/mol. The van der Waals surface area contributed by atoms with Gasteiger partial charge in [-0.05, 0) is 18.2 Å². The van der Waals surface area contributed by atoms with Crippen LogP contribution in [0.2, 0.25) is 4.34 Å². The summed E-state index contributed by atoms with van der Waals surface area (Å²) in [6, 6.07) is 4.82. The van der Waals surface area contributed by atoms with E-state index in [9.17, 15) is 9.90 Å². The maximum Gasteiger partial charge on any atom is 0.150 e. The van der Waals surface area contributed by atoms with Gasteiger partial charge in [0.1, 0.15) is 12.0 Å². The molecule has 0 aliphatic rings. The lowest BCUT2D eigenvalue weighted by Crippen LogP contribution is -1.77. The minimum absolute atomic E-state index is 0.0998. The third-order valence-electron chi connectivity index (χ3n) is 1.74. The number of thiophene rings is 1. The van der Waals surface area contributed by atoms with Gasteiger partial charge in [-0.15, -0.1) is 11.3 Å². The van der Waals surface area contributed by atoms with Gasteiger partial charge in [0.25, 0.3) is 0 Å². The Kier molecular flexibility index (Phi) is 1.98. The van der Waals surface area contributed by atoms with Crippen LogP contribution in [0.25, 0.3) is 10.1 Å². The molecule has 0 radical (unpaired) electrons. The van der Waals surface area contributed by atoms with Crippen LogP contribution >= 0.6 is 22.9 Å². The van der Waals surface area contributed by atoms with Gasteiger partial charge in [-0.1, -0.05) is 11.6 Å². The molecule has 66 valence electrons. The molecule has 1 aromatic heterocycles. The van der Waals surface area contributed by atoms with Crippen LogP contribution in [-0.2, 0) is 0 Å². The van der Waals surface area contributed by atoms with Gasteiger partial charge in [0, 0.05) is 15.6 Å². The number of carbonyl (C=O) groups excluding carboxylic acids is 1. The van der Waals surface area contributed by atoms with E-state index in [-0.39, 0.29) is 5.75 Å². The Morgan fingerprint density at radius 3 is 2.85 bits per heavy atom. The SMILES string of the molecule is O=Cc1cc(O)c2cc(Cl)sc2c1. The van der Waals surface area contributed by atoms with E-state index in [0.717, 1.165) is 4.70 Å². The Morgan fingerprint density at radius 1 is 1.38 bits per heavy atom. The molecule has 13 heavy (non-hydrogen) atoms. The highest BCUT2D eigenvalue weighted by atomic mass is 35.5. The van der Waals surface area contributed by atoms with E-state index in [1.54, 1.807) is 12.1 Å². The molecular formula is C9H5ClO2S. The molecule has 0 saturated heterocycles. The van der Waals surface area contributed by atoms with E-state index < -0.39 is 0 Å². The molecule has 1 aromatic carbocycles. The van der Waals surface area contributed by atoms with E-state index in [0.29, 0.717) is 21.6 Å². The number of aldehydes is 1. The lowest BCUT2D eigenvalue weighted by atomic mass is 10.2. The van der Waals surface area contributed by atoms with Crippen LogP contribution in [0.1, 0.15) is 10.4 Å². The van der Waals surface area contributed by atoms with Crippen LogP contribution in [0.5, 0.6) is 5.75 Å². The summed E-state index contributed by atoms with van der Waals surface area (Å²) in [5.74, 6) is 0.0998. The first kappa shape index (κ1) is 8.53. The highest BCUT2D eigenvalue weighted by Crippen LogP contribution is 2.35. The Balaban J connectivity index is 2.82. The average Bonchev–Trinajstić information content (AvgIpc) is 2.46. The van der Waals surface area contributed by atoms with Crippen LogP contribution in [0.3, 0.4) is 0 Å². The Bertz CT molecular complexity index is 476. The molecule has 0 atom stereocenters. The zero-order valence-corrected chi connectivity index (χ0v) is 8.02. The van der Waals surface area contributed by atoms with Crippen LogP contribution < -0.4 is 0 Å². The molecule has 1 N–H and O–H groups in total. The third-order valence-corrected chi connectivity index (χ3v) is 2.96. The zero-order valence-electron chi connectivity index (χ0n) is 6.45. The molecule has 2 nitrogen and oxygen atoms in total. The van der Waals surface area contributed by atoms with Crippen LogP contribution in [0.15, 0.2) is 18.2 Å². The van der Waals surface area contributed by atoms with Crippen molar-refractivity contribution in [2.75, 3.05) is 0 Å². The van der Waals surface area contributed by atoms with Gasteiger partial charge in [0.15, 0.2) is 0 Å². The van der Waals surface area contributed by atoms with Crippen molar-refractivity contribution in [3.63, 3.8) is 0 Å². The molecule has 2 aromatic rings. The van der Waals surface area contributed by atoms with Gasteiger partial charge >= 0.3 is 0 Å². The number of hydrogen-bond acceptors (Lipinski definition) is 3. The van der Waals surface area contributed by atoms with Gasteiger partial charge in [-0.3, -0.25) is 4.79 Å². The van der Waals surface area contributed by atoms with Crippen molar-refractivity contribution in [1.82, 2.24) is 0 Å². The topological polar surface area (TPSA) is 37.3 Å². The Morgan fingerprint density at radius 2 is 2.15 bits per heavy atom. The minimum Gasteiger partial charge on any atom is -0.507 e. The molecule has 0 saturated carbocycles. The zero-order chi connectivity index (χ0) is 9.42. The molecule has 1 heterocycles. The fourth-order valence-corrected chi connectivity index (χ4v) is 2.39. The van der Waals surface area contributed by atoms with E-state index >= 15 is 0 Å². The summed E-state index contributed by atoms with van der Waals surface area (Å²) in [7, 11) is 0. The molecule has 0 amide bonds. The molecule has 0 aliphatic heterocycles. The fourth-order valence-electron chi connectivity index (χ4n) is 1.18. The number of benzene rings is 1. The summed E-state index contributed by atoms with van der Waals surface area (Å²) in [5.41, 5.74) is 0.462. The first-order valence-corrected chi connectivity index (χ1v) is 4.77. The molecular weight excluding hydrogens is 208 g/mol. The second-order valence-corrected chi connectivity index (χ2v) is 4.34. The number of aromatic hydroxyl groups is 1. The molecule has 0 fully saturated rings. The van der Waals surface area contributed by atoms with Crippen molar-refractivity contribution in [1.29, 1.82) is 0 Å². The van der Waals surface area contributed by atoms with Gasteiger partial charge < -0.3 is 5.11 Å². The number of carbonyl (C=O) groups is 1. The molecule has 4 heteroatoms. The third kappa shape index (κ3) is 1.41. The van der Waals surface area contributed by atoms with Crippen molar-refractivity contribution in [2.24, 2.45) is 0 Å². The van der Waals surface area contributed by atoms with Crippen molar-refractivity contribution in [3.8, 4) is 5.75 Å². The molecule has 2 rings (SSSR count). The molecule has 0 bridgehead atoms. The van der Waals surface area contributed by atoms with Gasteiger partial charge in [0.2, 0.25) is 0 Å². The number of fused-ring (bicyclic) bond motifs is 1. The number of halogens is 1. The van der Waals surface area contributed by atoms with Crippen molar-refractivity contribution >= 4 is 39.3 Å². The largest absolute Gasteiger partial charge is 0.507 e. The first-order chi connectivity index (χ1) is 6.20. The quantitative estimate of drug-likeness (QED) is 0.738. The summed E-state index contributed by atoms with van der Waals surface area (Å²) in [6.45, 7) is 0. The van der Waals surface area contributed by atoms with E-state index in [1.807, 2.05) is 0 Å². The molecule has 0 aliphatic carbocycles. The summed E-state index contributed by atoms with van der Waals surface area (Å²) in [4.78, 5) is 10.5. The summed E-state index contributed by atoms with van der Waals surface area (Å²) >= 11 is 7.11. The van der Waals surface area contributed by atoms with Gasteiger partial charge in [-0.25, -0.2) is 0 Å². The number of phenols is 1. The van der Waals surface area contributed by atoms with Crippen molar-refractivity contribution in [3.05, 3.63) is 28.1 Å². The molecule has 0 spiro atoms. The van der Waals surface area contributed by atoms with Crippen molar-refractivity contribution < 1.29 is 9.90 Å². The maximum atomic E-state index is 10.5. The minimum atomic E-state index is 0.0998.